The van der Waals surface area contributed by atoms with E-state index in [1.54, 1.807) is 0 Å². The van der Waals surface area contributed by atoms with Gasteiger partial charge >= 0.3 is 0 Å². The molecule has 1 amide bonds. The van der Waals surface area contributed by atoms with E-state index in [0.29, 0.717) is 5.56 Å². The first-order valence-corrected chi connectivity index (χ1v) is 9.91. The first-order valence-electron chi connectivity index (χ1n) is 8.05. The van der Waals surface area contributed by atoms with Crippen molar-refractivity contribution in [2.45, 2.75) is 18.2 Å². The third kappa shape index (κ3) is 5.72. The number of rotatable bonds is 8. The van der Waals surface area contributed by atoms with Crippen molar-refractivity contribution in [1.82, 2.24) is 10.0 Å². The van der Waals surface area contributed by atoms with Gasteiger partial charge in [-0.1, -0.05) is 23.7 Å². The largest absolute Gasteiger partial charge is 0.355 e. The van der Waals surface area contributed by atoms with E-state index in [0.717, 1.165) is 12.1 Å². The first-order chi connectivity index (χ1) is 13.1. The second-order valence-corrected chi connectivity index (χ2v) is 8.03. The quantitative estimate of drug-likeness (QED) is 0.379. The van der Waals surface area contributed by atoms with E-state index in [2.05, 4.69) is 10.0 Å². The number of halogens is 2. The molecule has 0 radical (unpaired) electrons. The number of hydrogen-bond donors (Lipinski definition) is 2. The zero-order valence-electron chi connectivity index (χ0n) is 14.7. The molecule has 0 unspecified atom stereocenters. The highest BCUT2D eigenvalue weighted by molar-refractivity contribution is 7.89. The average molecular weight is 430 g/mol. The second-order valence-electron chi connectivity index (χ2n) is 5.86. The summed E-state index contributed by atoms with van der Waals surface area (Å²) in [6.07, 6.45) is 0.0206. The molecule has 0 aliphatic rings. The second kappa shape index (κ2) is 9.09. The van der Waals surface area contributed by atoms with E-state index in [1.807, 2.05) is 0 Å². The van der Waals surface area contributed by atoms with Crippen LogP contribution in [0.25, 0.3) is 0 Å². The minimum Gasteiger partial charge on any atom is -0.355 e. The number of hydrogen-bond acceptors (Lipinski definition) is 5. The molecule has 2 rings (SSSR count). The molecular weight excluding hydrogens is 413 g/mol. The standard InChI is InChI=1S/C17H17ClFN3O5S/c1-11-15(18)9-14(10-16(11)22(24)25)28(26,27)21-7-6-20-17(23)8-12-2-4-13(19)5-3-12/h2-5,9-10,21H,6-8H2,1H3,(H,20,23). The molecule has 150 valence electrons. The molecule has 0 aliphatic heterocycles. The lowest BCUT2D eigenvalue weighted by Crippen LogP contribution is -2.35. The van der Waals surface area contributed by atoms with Gasteiger partial charge in [0.15, 0.2) is 0 Å². The minimum absolute atomic E-state index is 0.000937. The lowest BCUT2D eigenvalue weighted by Gasteiger charge is -2.09. The lowest BCUT2D eigenvalue weighted by atomic mass is 10.1. The Hall–Kier alpha value is -2.56. The van der Waals surface area contributed by atoms with Crippen molar-refractivity contribution in [2.24, 2.45) is 0 Å². The Kier molecular flexibility index (Phi) is 7.05. The van der Waals surface area contributed by atoms with E-state index >= 15 is 0 Å². The van der Waals surface area contributed by atoms with Crippen molar-refractivity contribution in [3.63, 3.8) is 0 Å². The molecule has 2 aromatic carbocycles. The van der Waals surface area contributed by atoms with Crippen molar-refractivity contribution < 1.29 is 22.5 Å². The zero-order chi connectivity index (χ0) is 20.9. The van der Waals surface area contributed by atoms with Crippen LogP contribution in [-0.2, 0) is 21.2 Å². The smallest absolute Gasteiger partial charge is 0.275 e. The van der Waals surface area contributed by atoms with Crippen LogP contribution in [0.3, 0.4) is 0 Å². The summed E-state index contributed by atoms with van der Waals surface area (Å²) in [5.41, 5.74) is 0.375. The van der Waals surface area contributed by atoms with Gasteiger partial charge in [-0.25, -0.2) is 17.5 Å². The molecule has 0 aromatic heterocycles. The molecule has 0 saturated heterocycles. The maximum Gasteiger partial charge on any atom is 0.275 e. The van der Waals surface area contributed by atoms with Crippen LogP contribution in [0.4, 0.5) is 10.1 Å². The van der Waals surface area contributed by atoms with Crippen LogP contribution in [0.1, 0.15) is 11.1 Å². The van der Waals surface area contributed by atoms with Crippen LogP contribution in [0.2, 0.25) is 5.02 Å². The van der Waals surface area contributed by atoms with Gasteiger partial charge in [-0.15, -0.1) is 0 Å². The van der Waals surface area contributed by atoms with Crippen LogP contribution in [0, 0.1) is 22.9 Å². The van der Waals surface area contributed by atoms with E-state index in [9.17, 15) is 27.7 Å². The van der Waals surface area contributed by atoms with E-state index in [-0.39, 0.29) is 40.9 Å². The molecule has 2 N–H and O–H groups in total. The Labute approximate surface area is 165 Å². The fourth-order valence-electron chi connectivity index (χ4n) is 2.31. The molecule has 0 atom stereocenters. The summed E-state index contributed by atoms with van der Waals surface area (Å²) in [6, 6.07) is 7.48. The fraction of sp³-hybridized carbons (Fsp3) is 0.235. The van der Waals surface area contributed by atoms with Gasteiger partial charge in [0.2, 0.25) is 15.9 Å². The SMILES string of the molecule is Cc1c(Cl)cc(S(=O)(=O)NCCNC(=O)Cc2ccc(F)cc2)cc1[N+](=O)[O-]. The Morgan fingerprint density at radius 2 is 1.86 bits per heavy atom. The molecule has 0 saturated carbocycles. The van der Waals surface area contributed by atoms with E-state index in [1.165, 1.54) is 31.2 Å². The molecule has 11 heteroatoms. The van der Waals surface area contributed by atoms with Crippen molar-refractivity contribution in [2.75, 3.05) is 13.1 Å². The first kappa shape index (κ1) is 21.7. The number of nitro groups is 1. The van der Waals surface area contributed by atoms with Gasteiger partial charge in [-0.05, 0) is 30.7 Å². The van der Waals surface area contributed by atoms with E-state index in [4.69, 9.17) is 11.6 Å². The molecule has 28 heavy (non-hydrogen) atoms. The van der Waals surface area contributed by atoms with Gasteiger partial charge in [-0.3, -0.25) is 14.9 Å². The molecule has 2 aromatic rings. The van der Waals surface area contributed by atoms with Crippen molar-refractivity contribution >= 4 is 33.2 Å². The number of amides is 1. The number of nitrogens with one attached hydrogen (secondary N) is 2. The number of nitro benzene ring substituents is 1. The van der Waals surface area contributed by atoms with Gasteiger partial charge in [0.05, 0.1) is 21.3 Å². The highest BCUT2D eigenvalue weighted by atomic mass is 35.5. The van der Waals surface area contributed by atoms with Gasteiger partial charge in [0, 0.05) is 24.7 Å². The van der Waals surface area contributed by atoms with Crippen LogP contribution in [0.5, 0.6) is 0 Å². The van der Waals surface area contributed by atoms with Gasteiger partial charge in [-0.2, -0.15) is 0 Å². The van der Waals surface area contributed by atoms with Crippen molar-refractivity contribution in [3.8, 4) is 0 Å². The predicted octanol–water partition coefficient (Wildman–Crippen LogP) is 2.33. The summed E-state index contributed by atoms with van der Waals surface area (Å²) in [4.78, 5) is 21.8. The Bertz CT molecular complexity index is 997. The van der Waals surface area contributed by atoms with Crippen LogP contribution in [0.15, 0.2) is 41.3 Å². The number of carbonyl (C=O) groups is 1. The lowest BCUT2D eigenvalue weighted by molar-refractivity contribution is -0.385. The van der Waals surface area contributed by atoms with Gasteiger partial charge in [0.1, 0.15) is 5.82 Å². The highest BCUT2D eigenvalue weighted by Crippen LogP contribution is 2.29. The fourth-order valence-corrected chi connectivity index (χ4v) is 3.66. The maximum atomic E-state index is 12.8. The Morgan fingerprint density at radius 3 is 2.46 bits per heavy atom. The summed E-state index contributed by atoms with van der Waals surface area (Å²) < 4.78 is 39.7. The molecule has 8 nitrogen and oxygen atoms in total. The van der Waals surface area contributed by atoms with Gasteiger partial charge in [0.25, 0.3) is 5.69 Å². The molecule has 0 aliphatic carbocycles. The zero-order valence-corrected chi connectivity index (χ0v) is 16.3. The third-order valence-corrected chi connectivity index (χ3v) is 5.65. The predicted molar refractivity (Wildman–Crippen MR) is 101 cm³/mol. The molecule has 0 heterocycles. The topological polar surface area (TPSA) is 118 Å². The highest BCUT2D eigenvalue weighted by Gasteiger charge is 2.22. The third-order valence-electron chi connectivity index (χ3n) is 3.81. The van der Waals surface area contributed by atoms with Crippen LogP contribution in [-0.4, -0.2) is 32.3 Å². The summed E-state index contributed by atoms with van der Waals surface area (Å²) in [7, 11) is -4.05. The van der Waals surface area contributed by atoms with Crippen molar-refractivity contribution in [1.29, 1.82) is 0 Å². The maximum absolute atomic E-state index is 12.8. The summed E-state index contributed by atoms with van der Waals surface area (Å²) in [6.45, 7) is 1.29. The van der Waals surface area contributed by atoms with Crippen LogP contribution < -0.4 is 10.0 Å². The monoisotopic (exact) mass is 429 g/mol. The molecule has 0 fully saturated rings. The average Bonchev–Trinajstić information content (AvgIpc) is 2.62. The van der Waals surface area contributed by atoms with Gasteiger partial charge < -0.3 is 5.32 Å². The normalized spacial score (nSPS) is 11.2. The number of nitrogens with zero attached hydrogens (tertiary/aromatic N) is 1. The number of benzene rings is 2. The van der Waals surface area contributed by atoms with Crippen molar-refractivity contribution in [3.05, 3.63) is 68.5 Å². The molecule has 0 spiro atoms. The number of carbonyl (C=O) groups excluding carboxylic acids is 1. The molecule has 0 bridgehead atoms. The van der Waals surface area contributed by atoms with Crippen LogP contribution >= 0.6 is 11.6 Å². The Balaban J connectivity index is 1.92. The Morgan fingerprint density at radius 1 is 1.21 bits per heavy atom. The summed E-state index contributed by atoms with van der Waals surface area (Å²) in [5, 5.41) is 13.5. The molecular formula is C17H17ClFN3O5S. The minimum atomic E-state index is -4.05. The number of sulfonamides is 1. The van der Waals surface area contributed by atoms with E-state index < -0.39 is 26.5 Å². The summed E-state index contributed by atoms with van der Waals surface area (Å²) >= 11 is 5.88. The summed E-state index contributed by atoms with van der Waals surface area (Å²) in [5.74, 6) is -0.769.